The quantitative estimate of drug-likeness (QED) is 0.677. The van der Waals surface area contributed by atoms with E-state index in [2.05, 4.69) is 49.8 Å². The number of amides is 1. The van der Waals surface area contributed by atoms with Crippen LogP contribution in [0.3, 0.4) is 0 Å². The molecule has 0 saturated heterocycles. The van der Waals surface area contributed by atoms with Crippen molar-refractivity contribution in [3.05, 3.63) is 56.5 Å². The van der Waals surface area contributed by atoms with E-state index in [1.165, 1.54) is 0 Å². The molecular formula is C14H11Br2NOS. The molecule has 2 aromatic rings. The van der Waals surface area contributed by atoms with Crippen molar-refractivity contribution in [2.24, 2.45) is 0 Å². The van der Waals surface area contributed by atoms with Gasteiger partial charge in [0.15, 0.2) is 0 Å². The number of thiol groups is 1. The van der Waals surface area contributed by atoms with Crippen molar-refractivity contribution in [1.29, 1.82) is 0 Å². The maximum Gasteiger partial charge on any atom is 0.256 e. The summed E-state index contributed by atoms with van der Waals surface area (Å²) < 4.78 is 1.71. The second-order valence-electron chi connectivity index (χ2n) is 4.03. The summed E-state index contributed by atoms with van der Waals surface area (Å²) in [5.74, 6) is -0.163. The van der Waals surface area contributed by atoms with Crippen LogP contribution in [0.25, 0.3) is 0 Å². The third-order valence-corrected chi connectivity index (χ3v) is 4.54. The van der Waals surface area contributed by atoms with Crippen LogP contribution >= 0.6 is 44.5 Å². The Hall–Kier alpha value is -0.780. The summed E-state index contributed by atoms with van der Waals surface area (Å²) in [6.45, 7) is 1.95. The highest BCUT2D eigenvalue weighted by atomic mass is 79.9. The van der Waals surface area contributed by atoms with Crippen molar-refractivity contribution in [2.45, 2.75) is 11.8 Å². The fourth-order valence-electron chi connectivity index (χ4n) is 1.62. The Balaban J connectivity index is 2.31. The zero-order valence-electron chi connectivity index (χ0n) is 10.1. The lowest BCUT2D eigenvalue weighted by Crippen LogP contribution is -2.13. The average molecular weight is 401 g/mol. The maximum atomic E-state index is 12.3. The van der Waals surface area contributed by atoms with Gasteiger partial charge >= 0.3 is 0 Å². The van der Waals surface area contributed by atoms with Crippen LogP contribution in [0.1, 0.15) is 15.9 Å². The van der Waals surface area contributed by atoms with Gasteiger partial charge in [0.1, 0.15) is 0 Å². The minimum atomic E-state index is -0.163. The number of hydrogen-bond donors (Lipinski definition) is 2. The number of halogens is 2. The normalized spacial score (nSPS) is 10.3. The molecule has 5 heteroatoms. The van der Waals surface area contributed by atoms with Crippen LogP contribution in [-0.2, 0) is 0 Å². The van der Waals surface area contributed by atoms with Crippen molar-refractivity contribution in [1.82, 2.24) is 0 Å². The summed E-state index contributed by atoms with van der Waals surface area (Å²) in [5.41, 5.74) is 2.34. The standard InChI is InChI=1S/C14H11Br2NOS/c1-8-11(15)3-2-4-13(8)17-14(18)10-7-9(19)5-6-12(10)16/h2-7,19H,1H3,(H,17,18). The van der Waals surface area contributed by atoms with E-state index < -0.39 is 0 Å². The van der Waals surface area contributed by atoms with E-state index in [1.807, 2.05) is 37.3 Å². The van der Waals surface area contributed by atoms with Gasteiger partial charge in [0.25, 0.3) is 5.91 Å². The maximum absolute atomic E-state index is 12.3. The Labute approximate surface area is 134 Å². The predicted octanol–water partition coefficient (Wildman–Crippen LogP) is 5.06. The topological polar surface area (TPSA) is 29.1 Å². The van der Waals surface area contributed by atoms with Gasteiger partial charge in [-0.25, -0.2) is 0 Å². The molecule has 0 spiro atoms. The molecule has 98 valence electrons. The monoisotopic (exact) mass is 399 g/mol. The lowest BCUT2D eigenvalue weighted by molar-refractivity contribution is 0.102. The largest absolute Gasteiger partial charge is 0.322 e. The Bertz CT molecular complexity index is 643. The first-order valence-electron chi connectivity index (χ1n) is 5.54. The van der Waals surface area contributed by atoms with Crippen molar-refractivity contribution in [3.8, 4) is 0 Å². The number of carbonyl (C=O) groups is 1. The zero-order valence-corrected chi connectivity index (χ0v) is 14.1. The second-order valence-corrected chi connectivity index (χ2v) is 6.26. The van der Waals surface area contributed by atoms with Crippen molar-refractivity contribution in [3.63, 3.8) is 0 Å². The Morgan fingerprint density at radius 2 is 1.89 bits per heavy atom. The zero-order chi connectivity index (χ0) is 14.0. The molecule has 1 N–H and O–H groups in total. The summed E-state index contributed by atoms with van der Waals surface area (Å²) in [6.07, 6.45) is 0. The summed E-state index contributed by atoms with van der Waals surface area (Å²) >= 11 is 11.1. The average Bonchev–Trinajstić information content (AvgIpc) is 2.38. The van der Waals surface area contributed by atoms with Gasteiger partial charge < -0.3 is 5.32 Å². The second kappa shape index (κ2) is 6.11. The summed E-state index contributed by atoms with van der Waals surface area (Å²) in [7, 11) is 0. The van der Waals surface area contributed by atoms with Gasteiger partial charge in [0.05, 0.1) is 5.56 Å². The molecule has 1 amide bonds. The van der Waals surface area contributed by atoms with Crippen molar-refractivity contribution in [2.75, 3.05) is 5.32 Å². The number of hydrogen-bond acceptors (Lipinski definition) is 2. The Morgan fingerprint density at radius 1 is 1.16 bits per heavy atom. The molecule has 2 nitrogen and oxygen atoms in total. The van der Waals surface area contributed by atoms with Crippen molar-refractivity contribution >= 4 is 56.1 Å². The molecule has 0 aliphatic rings. The number of rotatable bonds is 2. The van der Waals surface area contributed by atoms with Gasteiger partial charge in [-0.2, -0.15) is 0 Å². The molecule has 0 aliphatic heterocycles. The van der Waals surface area contributed by atoms with Gasteiger partial charge in [0, 0.05) is 19.5 Å². The third-order valence-electron chi connectivity index (χ3n) is 2.71. The minimum absolute atomic E-state index is 0.163. The fourth-order valence-corrected chi connectivity index (χ4v) is 2.62. The third kappa shape index (κ3) is 3.41. The lowest BCUT2D eigenvalue weighted by atomic mass is 10.1. The highest BCUT2D eigenvalue weighted by Gasteiger charge is 2.12. The van der Waals surface area contributed by atoms with E-state index in [0.29, 0.717) is 5.56 Å². The molecular weight excluding hydrogens is 390 g/mol. The molecule has 19 heavy (non-hydrogen) atoms. The molecule has 0 heterocycles. The Morgan fingerprint density at radius 3 is 2.63 bits per heavy atom. The molecule has 0 unspecified atom stereocenters. The van der Waals surface area contributed by atoms with Crippen LogP contribution in [0.2, 0.25) is 0 Å². The van der Waals surface area contributed by atoms with Gasteiger partial charge in [-0.1, -0.05) is 22.0 Å². The first-order chi connectivity index (χ1) is 8.99. The van der Waals surface area contributed by atoms with E-state index in [-0.39, 0.29) is 5.91 Å². The number of carbonyl (C=O) groups excluding carboxylic acids is 1. The molecule has 2 rings (SSSR count). The van der Waals surface area contributed by atoms with E-state index in [1.54, 1.807) is 6.07 Å². The van der Waals surface area contributed by atoms with Crippen LogP contribution < -0.4 is 5.32 Å². The van der Waals surface area contributed by atoms with Gasteiger partial charge in [0.2, 0.25) is 0 Å². The van der Waals surface area contributed by atoms with E-state index in [4.69, 9.17) is 0 Å². The number of anilines is 1. The van der Waals surface area contributed by atoms with Crippen LogP contribution in [0.15, 0.2) is 50.2 Å². The Kier molecular flexibility index (Phi) is 4.71. The van der Waals surface area contributed by atoms with E-state index >= 15 is 0 Å². The van der Waals surface area contributed by atoms with Crippen LogP contribution in [0.4, 0.5) is 5.69 Å². The van der Waals surface area contributed by atoms with Crippen LogP contribution in [0, 0.1) is 6.92 Å². The van der Waals surface area contributed by atoms with Crippen LogP contribution in [0.5, 0.6) is 0 Å². The van der Waals surface area contributed by atoms with E-state index in [0.717, 1.165) is 25.1 Å². The first kappa shape index (κ1) is 14.6. The highest BCUT2D eigenvalue weighted by molar-refractivity contribution is 9.10. The molecule has 0 saturated carbocycles. The van der Waals surface area contributed by atoms with Gasteiger partial charge in [-0.15, -0.1) is 12.6 Å². The highest BCUT2D eigenvalue weighted by Crippen LogP contribution is 2.26. The van der Waals surface area contributed by atoms with Crippen LogP contribution in [-0.4, -0.2) is 5.91 Å². The number of benzene rings is 2. The molecule has 0 bridgehead atoms. The molecule has 0 radical (unpaired) electrons. The number of nitrogens with one attached hydrogen (secondary N) is 1. The van der Waals surface area contributed by atoms with Gasteiger partial charge in [-0.05, 0) is 58.7 Å². The lowest BCUT2D eigenvalue weighted by Gasteiger charge is -2.11. The predicted molar refractivity (Wildman–Crippen MR) is 88.2 cm³/mol. The fraction of sp³-hybridized carbons (Fsp3) is 0.0714. The summed E-state index contributed by atoms with van der Waals surface area (Å²) in [5, 5.41) is 2.90. The molecule has 0 aliphatic carbocycles. The first-order valence-corrected chi connectivity index (χ1v) is 7.57. The van der Waals surface area contributed by atoms with Gasteiger partial charge in [-0.3, -0.25) is 4.79 Å². The smallest absolute Gasteiger partial charge is 0.256 e. The molecule has 2 aromatic carbocycles. The SMILES string of the molecule is Cc1c(Br)cccc1NC(=O)c1cc(S)ccc1Br. The summed E-state index contributed by atoms with van der Waals surface area (Å²) in [6, 6.07) is 11.1. The molecule has 0 fully saturated rings. The van der Waals surface area contributed by atoms with E-state index in [9.17, 15) is 4.79 Å². The van der Waals surface area contributed by atoms with Crippen molar-refractivity contribution < 1.29 is 4.79 Å². The molecule has 0 atom stereocenters. The molecule has 0 aromatic heterocycles. The summed E-state index contributed by atoms with van der Waals surface area (Å²) in [4.78, 5) is 13.0. The minimum Gasteiger partial charge on any atom is -0.322 e.